The Balaban J connectivity index is 1.91. The quantitative estimate of drug-likeness (QED) is 0.329. The zero-order chi connectivity index (χ0) is 28.2. The summed E-state index contributed by atoms with van der Waals surface area (Å²) in [5, 5.41) is 22.6. The highest BCUT2D eigenvalue weighted by Crippen LogP contribution is 2.46. The molecule has 1 aliphatic rings. The van der Waals surface area contributed by atoms with E-state index in [1.54, 1.807) is 62.1 Å². The van der Waals surface area contributed by atoms with Gasteiger partial charge >= 0.3 is 6.09 Å². The van der Waals surface area contributed by atoms with Crippen LogP contribution in [0.3, 0.4) is 0 Å². The monoisotopic (exact) mass is 582 g/mol. The van der Waals surface area contributed by atoms with Crippen LogP contribution in [0.4, 0.5) is 10.5 Å². The minimum atomic E-state index is -1.63. The van der Waals surface area contributed by atoms with Crippen molar-refractivity contribution in [3.8, 4) is 12.1 Å². The Kier molecular flexibility index (Phi) is 7.90. The Bertz CT molecular complexity index is 1500. The third-order valence-corrected chi connectivity index (χ3v) is 6.85. The molecule has 0 radical (unpaired) electrons. The number of ether oxygens (including phenoxy) is 1. The van der Waals surface area contributed by atoms with E-state index in [1.165, 1.54) is 0 Å². The zero-order valence-corrected chi connectivity index (χ0v) is 23.5. The van der Waals surface area contributed by atoms with Crippen molar-refractivity contribution in [1.29, 1.82) is 10.5 Å². The molecule has 4 rings (SSSR count). The Morgan fingerprint density at radius 1 is 0.974 bits per heavy atom. The van der Waals surface area contributed by atoms with Crippen molar-refractivity contribution in [2.24, 2.45) is 0 Å². The van der Waals surface area contributed by atoms with E-state index in [-0.39, 0.29) is 24.4 Å². The fraction of sp³-hybridized carbons (Fsp3) is 0.226. The van der Waals surface area contributed by atoms with E-state index in [0.717, 1.165) is 10.0 Å². The van der Waals surface area contributed by atoms with Crippen LogP contribution < -0.4 is 10.2 Å². The molecule has 1 aliphatic heterocycles. The number of anilines is 1. The first-order valence-corrected chi connectivity index (χ1v) is 13.1. The molecule has 8 heteroatoms. The van der Waals surface area contributed by atoms with Crippen molar-refractivity contribution in [3.05, 3.63) is 106 Å². The maximum absolute atomic E-state index is 14.5. The van der Waals surface area contributed by atoms with Gasteiger partial charge in [-0.25, -0.2) is 4.79 Å². The number of hydrogen-bond acceptors (Lipinski definition) is 5. The van der Waals surface area contributed by atoms with Gasteiger partial charge in [-0.15, -0.1) is 0 Å². The molecule has 0 saturated carbocycles. The van der Waals surface area contributed by atoms with Crippen LogP contribution in [0, 0.1) is 22.7 Å². The highest BCUT2D eigenvalue weighted by atomic mass is 79.9. The molecule has 0 aromatic heterocycles. The lowest BCUT2D eigenvalue weighted by molar-refractivity contribution is -0.124. The number of nitrogens with zero attached hydrogens (tertiary/aromatic N) is 3. The number of carbonyl (C=O) groups is 2. The van der Waals surface area contributed by atoms with Crippen LogP contribution in [0.25, 0.3) is 5.57 Å². The minimum absolute atomic E-state index is 0.133. The number of carbonyl (C=O) groups excluding carboxylic acids is 2. The van der Waals surface area contributed by atoms with Gasteiger partial charge in [0.2, 0.25) is 0 Å². The number of nitriles is 2. The molecule has 0 unspecified atom stereocenters. The fourth-order valence-corrected chi connectivity index (χ4v) is 4.94. The molecule has 2 amide bonds. The summed E-state index contributed by atoms with van der Waals surface area (Å²) in [6, 6.07) is 27.8. The summed E-state index contributed by atoms with van der Waals surface area (Å²) in [6.45, 7) is 5.49. The summed E-state index contributed by atoms with van der Waals surface area (Å²) in [4.78, 5) is 29.3. The third-order valence-electron chi connectivity index (χ3n) is 6.32. The van der Waals surface area contributed by atoms with Gasteiger partial charge in [-0.2, -0.15) is 10.5 Å². The Hall–Kier alpha value is -4.40. The maximum atomic E-state index is 14.5. The van der Waals surface area contributed by atoms with Crippen LogP contribution in [0.2, 0.25) is 0 Å². The predicted octanol–water partition coefficient (Wildman–Crippen LogP) is 6.61. The Morgan fingerprint density at radius 2 is 1.59 bits per heavy atom. The number of alkyl carbamates (subject to hydrolysis) is 1. The molecular weight excluding hydrogens is 556 g/mol. The van der Waals surface area contributed by atoms with E-state index < -0.39 is 17.2 Å². The highest BCUT2D eigenvalue weighted by molar-refractivity contribution is 9.10. The molecule has 1 heterocycles. The van der Waals surface area contributed by atoms with Crippen molar-refractivity contribution in [2.45, 2.75) is 44.9 Å². The van der Waals surface area contributed by atoms with Gasteiger partial charge in [0, 0.05) is 16.5 Å². The van der Waals surface area contributed by atoms with E-state index in [9.17, 15) is 20.1 Å². The predicted molar refractivity (Wildman–Crippen MR) is 152 cm³/mol. The largest absolute Gasteiger partial charge is 0.444 e. The molecule has 196 valence electrons. The standard InChI is InChI=1S/C31H27BrN4O3/c1-30(2,3)39-29(38)35-31(17-25(23(18-33)19-34)22-13-15-24(32)16-14-22)26-11-7-8-12-27(26)36(28(31)37)20-21-9-5-4-6-10-21/h4-16H,17,20H2,1-3H3,(H,35,38)/t31-/m1/s1. The van der Waals surface area contributed by atoms with Crippen molar-refractivity contribution in [2.75, 3.05) is 4.90 Å². The van der Waals surface area contributed by atoms with Crippen LogP contribution in [0.5, 0.6) is 0 Å². The number of fused-ring (bicyclic) bond motifs is 1. The summed E-state index contributed by atoms with van der Waals surface area (Å²) in [5.41, 5.74) is 0.443. The van der Waals surface area contributed by atoms with Crippen LogP contribution >= 0.6 is 15.9 Å². The van der Waals surface area contributed by atoms with Gasteiger partial charge in [0.25, 0.3) is 5.91 Å². The minimum Gasteiger partial charge on any atom is -0.444 e. The lowest BCUT2D eigenvalue weighted by Gasteiger charge is -2.32. The molecule has 1 atom stereocenters. The van der Waals surface area contributed by atoms with Gasteiger partial charge in [0.15, 0.2) is 5.54 Å². The molecule has 0 fully saturated rings. The number of benzene rings is 3. The molecule has 0 spiro atoms. The van der Waals surface area contributed by atoms with E-state index in [1.807, 2.05) is 54.6 Å². The van der Waals surface area contributed by atoms with Crippen molar-refractivity contribution in [3.63, 3.8) is 0 Å². The summed E-state index contributed by atoms with van der Waals surface area (Å²) in [6.07, 6.45) is -0.913. The molecule has 7 nitrogen and oxygen atoms in total. The van der Waals surface area contributed by atoms with Gasteiger partial charge in [-0.05, 0) is 55.7 Å². The first kappa shape index (κ1) is 27.6. The lowest BCUT2D eigenvalue weighted by Crippen LogP contribution is -2.54. The molecule has 3 aromatic carbocycles. The first-order valence-electron chi connectivity index (χ1n) is 12.3. The SMILES string of the molecule is CC(C)(C)OC(=O)N[C@@]1(CC(=C(C#N)C#N)c2ccc(Br)cc2)C(=O)N(Cc2ccccc2)c2ccccc21. The fourth-order valence-electron chi connectivity index (χ4n) is 4.67. The van der Waals surface area contributed by atoms with E-state index in [4.69, 9.17) is 4.74 Å². The second kappa shape index (κ2) is 11.1. The van der Waals surface area contributed by atoms with Crippen LogP contribution in [-0.4, -0.2) is 17.6 Å². The number of hydrogen-bond donors (Lipinski definition) is 1. The number of para-hydroxylation sites is 1. The zero-order valence-electron chi connectivity index (χ0n) is 21.9. The molecule has 39 heavy (non-hydrogen) atoms. The molecule has 0 aliphatic carbocycles. The van der Waals surface area contributed by atoms with E-state index >= 15 is 0 Å². The topological polar surface area (TPSA) is 106 Å². The van der Waals surface area contributed by atoms with E-state index in [0.29, 0.717) is 22.4 Å². The van der Waals surface area contributed by atoms with Crippen molar-refractivity contribution < 1.29 is 14.3 Å². The number of halogens is 1. The Morgan fingerprint density at radius 3 is 2.21 bits per heavy atom. The van der Waals surface area contributed by atoms with Crippen LogP contribution in [0.1, 0.15) is 43.9 Å². The molecule has 0 saturated heterocycles. The average molecular weight is 583 g/mol. The van der Waals surface area contributed by atoms with Gasteiger partial charge in [0.05, 0.1) is 12.2 Å². The molecule has 3 aromatic rings. The number of nitrogens with one attached hydrogen (secondary N) is 1. The summed E-state index contributed by atoms with van der Waals surface area (Å²) < 4.78 is 6.40. The third kappa shape index (κ3) is 5.87. The first-order chi connectivity index (χ1) is 18.6. The second-order valence-corrected chi connectivity index (χ2v) is 11.1. The number of allylic oxidation sites excluding steroid dienone is 1. The van der Waals surface area contributed by atoms with Gasteiger partial charge in [-0.1, -0.05) is 76.6 Å². The van der Waals surface area contributed by atoms with Crippen LogP contribution in [0.15, 0.2) is 88.9 Å². The van der Waals surface area contributed by atoms with Gasteiger partial charge in [-0.3, -0.25) is 4.79 Å². The summed E-state index contributed by atoms with van der Waals surface area (Å²) in [5.74, 6) is -0.386. The normalized spacial score (nSPS) is 16.1. The number of amides is 2. The smallest absolute Gasteiger partial charge is 0.408 e. The van der Waals surface area contributed by atoms with E-state index in [2.05, 4.69) is 21.2 Å². The molecule has 0 bridgehead atoms. The number of rotatable bonds is 6. The maximum Gasteiger partial charge on any atom is 0.408 e. The van der Waals surface area contributed by atoms with Crippen LogP contribution in [-0.2, 0) is 21.6 Å². The summed E-state index contributed by atoms with van der Waals surface area (Å²) in [7, 11) is 0. The molecular formula is C31H27BrN4O3. The van der Waals surface area contributed by atoms with Crippen molar-refractivity contribution >= 4 is 39.2 Å². The highest BCUT2D eigenvalue weighted by Gasteiger charge is 2.53. The molecule has 1 N–H and O–H groups in total. The lowest BCUT2D eigenvalue weighted by atomic mass is 9.81. The van der Waals surface area contributed by atoms with Gasteiger partial charge in [0.1, 0.15) is 23.3 Å². The second-order valence-electron chi connectivity index (χ2n) is 10.2. The average Bonchev–Trinajstić information content (AvgIpc) is 3.11. The Labute approximate surface area is 236 Å². The van der Waals surface area contributed by atoms with Crippen molar-refractivity contribution in [1.82, 2.24) is 5.32 Å². The van der Waals surface area contributed by atoms with Gasteiger partial charge < -0.3 is 15.0 Å². The summed E-state index contributed by atoms with van der Waals surface area (Å²) >= 11 is 3.42.